The maximum atomic E-state index is 5.88. The average Bonchev–Trinajstić information content (AvgIpc) is 3.02. The summed E-state index contributed by atoms with van der Waals surface area (Å²) in [5.74, 6) is 0.980. The normalized spacial score (nSPS) is 32.6. The van der Waals surface area contributed by atoms with Crippen molar-refractivity contribution in [3.8, 4) is 0 Å². The Morgan fingerprint density at radius 2 is 2.07 bits per heavy atom. The van der Waals surface area contributed by atoms with Crippen molar-refractivity contribution in [2.75, 3.05) is 19.6 Å². The zero-order valence-corrected chi connectivity index (χ0v) is 9.47. The molecule has 1 atom stereocenters. The summed E-state index contributed by atoms with van der Waals surface area (Å²) in [6, 6.07) is 0. The molecule has 1 unspecified atom stereocenters. The summed E-state index contributed by atoms with van der Waals surface area (Å²) < 4.78 is 0. The Balaban J connectivity index is 1.89. The highest BCUT2D eigenvalue weighted by Gasteiger charge is 2.46. The molecular formula is C12H24N2. The van der Waals surface area contributed by atoms with Crippen molar-refractivity contribution < 1.29 is 0 Å². The Bertz CT molecular complexity index is 187. The Labute approximate surface area is 87.8 Å². The van der Waals surface area contributed by atoms with Crippen molar-refractivity contribution in [2.24, 2.45) is 11.7 Å². The summed E-state index contributed by atoms with van der Waals surface area (Å²) >= 11 is 0. The van der Waals surface area contributed by atoms with E-state index in [4.69, 9.17) is 5.73 Å². The zero-order valence-electron chi connectivity index (χ0n) is 9.47. The van der Waals surface area contributed by atoms with E-state index in [0.717, 1.165) is 12.5 Å². The summed E-state index contributed by atoms with van der Waals surface area (Å²) in [5.41, 5.74) is 6.32. The van der Waals surface area contributed by atoms with Crippen molar-refractivity contribution >= 4 is 0 Å². The van der Waals surface area contributed by atoms with E-state index < -0.39 is 0 Å². The fourth-order valence-corrected chi connectivity index (χ4v) is 2.84. The highest BCUT2D eigenvalue weighted by Crippen LogP contribution is 2.42. The Kier molecular flexibility index (Phi) is 3.13. The lowest BCUT2D eigenvalue weighted by molar-refractivity contribution is 0.186. The fourth-order valence-electron chi connectivity index (χ4n) is 2.84. The summed E-state index contributed by atoms with van der Waals surface area (Å²) in [5, 5.41) is 0. The van der Waals surface area contributed by atoms with E-state index in [1.165, 1.54) is 51.6 Å². The van der Waals surface area contributed by atoms with Gasteiger partial charge < -0.3 is 5.73 Å². The molecule has 0 aromatic rings. The van der Waals surface area contributed by atoms with Gasteiger partial charge in [-0.3, -0.25) is 4.90 Å². The third-order valence-corrected chi connectivity index (χ3v) is 4.30. The van der Waals surface area contributed by atoms with E-state index in [-0.39, 0.29) is 0 Å². The van der Waals surface area contributed by atoms with Crippen molar-refractivity contribution in [3.63, 3.8) is 0 Å². The molecule has 0 aromatic carbocycles. The van der Waals surface area contributed by atoms with Crippen molar-refractivity contribution in [1.82, 2.24) is 4.90 Å². The van der Waals surface area contributed by atoms with Gasteiger partial charge in [0.1, 0.15) is 0 Å². The van der Waals surface area contributed by atoms with Gasteiger partial charge in [0, 0.05) is 12.1 Å². The van der Waals surface area contributed by atoms with Gasteiger partial charge >= 0.3 is 0 Å². The van der Waals surface area contributed by atoms with Gasteiger partial charge in [0.05, 0.1) is 0 Å². The van der Waals surface area contributed by atoms with Gasteiger partial charge in [-0.25, -0.2) is 0 Å². The lowest BCUT2D eigenvalue weighted by atomic mass is 9.98. The molecule has 1 saturated carbocycles. The second kappa shape index (κ2) is 4.19. The van der Waals surface area contributed by atoms with Crippen LogP contribution in [0.5, 0.6) is 0 Å². The lowest BCUT2D eigenvalue weighted by Gasteiger charge is -2.29. The first-order valence-electron chi connectivity index (χ1n) is 6.26. The molecule has 2 nitrogen and oxygen atoms in total. The van der Waals surface area contributed by atoms with Gasteiger partial charge in [0.2, 0.25) is 0 Å². The molecule has 2 rings (SSSR count). The highest BCUT2D eigenvalue weighted by atomic mass is 15.2. The molecule has 0 bridgehead atoms. The van der Waals surface area contributed by atoms with Gasteiger partial charge in [-0.15, -0.1) is 0 Å². The van der Waals surface area contributed by atoms with Crippen LogP contribution in [-0.2, 0) is 0 Å². The average molecular weight is 196 g/mol. The van der Waals surface area contributed by atoms with E-state index in [9.17, 15) is 0 Å². The minimum absolute atomic E-state index is 0.447. The van der Waals surface area contributed by atoms with Gasteiger partial charge in [0.25, 0.3) is 0 Å². The lowest BCUT2D eigenvalue weighted by Crippen LogP contribution is -2.43. The molecule has 1 aliphatic carbocycles. The molecule has 2 N–H and O–H groups in total. The standard InChI is InChI=1S/C12H24N2/c1-2-11-4-3-8-14(9-5-11)12(10-13)6-7-12/h11H,2-10,13H2,1H3. The third kappa shape index (κ3) is 1.96. The summed E-state index contributed by atoms with van der Waals surface area (Å²) in [4.78, 5) is 2.68. The molecule has 0 spiro atoms. The summed E-state index contributed by atoms with van der Waals surface area (Å²) in [6.07, 6.45) is 8.29. The molecule has 0 aromatic heterocycles. The first kappa shape index (κ1) is 10.4. The maximum Gasteiger partial charge on any atom is 0.0333 e. The molecule has 2 heteroatoms. The smallest absolute Gasteiger partial charge is 0.0333 e. The van der Waals surface area contributed by atoms with Crippen LogP contribution in [0, 0.1) is 5.92 Å². The number of rotatable bonds is 3. The molecule has 2 aliphatic rings. The van der Waals surface area contributed by atoms with E-state index >= 15 is 0 Å². The Morgan fingerprint density at radius 3 is 2.64 bits per heavy atom. The molecule has 0 amide bonds. The molecule has 14 heavy (non-hydrogen) atoms. The monoisotopic (exact) mass is 196 g/mol. The SMILES string of the molecule is CCC1CCCN(C2(CN)CC2)CC1. The number of nitrogens with two attached hydrogens (primary N) is 1. The van der Waals surface area contributed by atoms with Gasteiger partial charge in [-0.2, -0.15) is 0 Å². The Morgan fingerprint density at radius 1 is 1.29 bits per heavy atom. The second-order valence-corrected chi connectivity index (χ2v) is 5.12. The van der Waals surface area contributed by atoms with Crippen LogP contribution in [0.2, 0.25) is 0 Å². The van der Waals surface area contributed by atoms with Crippen LogP contribution >= 0.6 is 0 Å². The number of hydrogen-bond acceptors (Lipinski definition) is 2. The fraction of sp³-hybridized carbons (Fsp3) is 1.00. The van der Waals surface area contributed by atoms with Crippen LogP contribution in [0.4, 0.5) is 0 Å². The van der Waals surface area contributed by atoms with Crippen LogP contribution in [0.25, 0.3) is 0 Å². The zero-order chi connectivity index (χ0) is 10.0. The molecule has 0 radical (unpaired) electrons. The predicted molar refractivity (Wildman–Crippen MR) is 60.2 cm³/mol. The molecule has 82 valence electrons. The van der Waals surface area contributed by atoms with E-state index in [1.54, 1.807) is 0 Å². The summed E-state index contributed by atoms with van der Waals surface area (Å²) in [6.45, 7) is 5.81. The molecular weight excluding hydrogens is 172 g/mol. The number of hydrogen-bond donors (Lipinski definition) is 1. The minimum atomic E-state index is 0.447. The highest BCUT2D eigenvalue weighted by molar-refractivity contribution is 5.05. The number of likely N-dealkylation sites (tertiary alicyclic amines) is 1. The maximum absolute atomic E-state index is 5.88. The topological polar surface area (TPSA) is 29.3 Å². The minimum Gasteiger partial charge on any atom is -0.329 e. The van der Waals surface area contributed by atoms with Gasteiger partial charge in [0.15, 0.2) is 0 Å². The summed E-state index contributed by atoms with van der Waals surface area (Å²) in [7, 11) is 0. The van der Waals surface area contributed by atoms with Crippen LogP contribution in [0.3, 0.4) is 0 Å². The van der Waals surface area contributed by atoms with Crippen molar-refractivity contribution in [3.05, 3.63) is 0 Å². The second-order valence-electron chi connectivity index (χ2n) is 5.12. The first-order valence-corrected chi connectivity index (χ1v) is 6.26. The van der Waals surface area contributed by atoms with Gasteiger partial charge in [-0.1, -0.05) is 13.3 Å². The van der Waals surface area contributed by atoms with Crippen LogP contribution in [-0.4, -0.2) is 30.1 Å². The molecule has 2 fully saturated rings. The quantitative estimate of drug-likeness (QED) is 0.748. The molecule has 1 aliphatic heterocycles. The van der Waals surface area contributed by atoms with Crippen LogP contribution in [0.15, 0.2) is 0 Å². The molecule has 1 heterocycles. The third-order valence-electron chi connectivity index (χ3n) is 4.30. The first-order chi connectivity index (χ1) is 6.80. The largest absolute Gasteiger partial charge is 0.329 e. The van der Waals surface area contributed by atoms with E-state index in [2.05, 4.69) is 11.8 Å². The van der Waals surface area contributed by atoms with Crippen molar-refractivity contribution in [1.29, 1.82) is 0 Å². The van der Waals surface area contributed by atoms with Crippen molar-refractivity contribution in [2.45, 2.75) is 51.0 Å². The van der Waals surface area contributed by atoms with Crippen LogP contribution in [0.1, 0.15) is 45.4 Å². The van der Waals surface area contributed by atoms with Gasteiger partial charge in [-0.05, 0) is 51.1 Å². The van der Waals surface area contributed by atoms with E-state index in [0.29, 0.717) is 5.54 Å². The Hall–Kier alpha value is -0.0800. The van der Waals surface area contributed by atoms with E-state index in [1.807, 2.05) is 0 Å². The molecule has 1 saturated heterocycles. The van der Waals surface area contributed by atoms with Crippen LogP contribution < -0.4 is 5.73 Å². The predicted octanol–water partition coefficient (Wildman–Crippen LogP) is 1.99. The number of nitrogens with zero attached hydrogens (tertiary/aromatic N) is 1.